The van der Waals surface area contributed by atoms with Crippen molar-refractivity contribution < 1.29 is 13.9 Å². The topological polar surface area (TPSA) is 33.7 Å². The van der Waals surface area contributed by atoms with Gasteiger partial charge in [-0.2, -0.15) is 0 Å². The summed E-state index contributed by atoms with van der Waals surface area (Å²) < 4.78 is 24.2. The van der Waals surface area contributed by atoms with E-state index in [1.54, 1.807) is 6.07 Å². The summed E-state index contributed by atoms with van der Waals surface area (Å²) in [6.07, 6.45) is 1.11. The van der Waals surface area contributed by atoms with Crippen LogP contribution in [0.25, 0.3) is 0 Å². The van der Waals surface area contributed by atoms with Crippen molar-refractivity contribution in [3.8, 4) is 0 Å². The highest BCUT2D eigenvalue weighted by Crippen LogP contribution is 2.22. The SMILES string of the molecule is Fc1ccc(CNC[C@H]([C@@H]2CCOC2)N2CCOCC2)c(Cl)c1. The van der Waals surface area contributed by atoms with Crippen LogP contribution in [0.3, 0.4) is 0 Å². The van der Waals surface area contributed by atoms with Gasteiger partial charge in [0, 0.05) is 49.8 Å². The van der Waals surface area contributed by atoms with Crippen molar-refractivity contribution >= 4 is 11.6 Å². The second-order valence-electron chi connectivity index (χ2n) is 6.21. The van der Waals surface area contributed by atoms with Crippen molar-refractivity contribution in [2.24, 2.45) is 5.92 Å². The van der Waals surface area contributed by atoms with E-state index in [0.29, 0.717) is 23.5 Å². The maximum atomic E-state index is 13.1. The van der Waals surface area contributed by atoms with Crippen molar-refractivity contribution in [2.45, 2.75) is 19.0 Å². The third-order valence-electron chi connectivity index (χ3n) is 4.71. The van der Waals surface area contributed by atoms with E-state index < -0.39 is 0 Å². The molecule has 0 saturated carbocycles. The molecule has 2 fully saturated rings. The third kappa shape index (κ3) is 4.64. The van der Waals surface area contributed by atoms with Crippen molar-refractivity contribution in [3.05, 3.63) is 34.6 Å². The number of ether oxygens (including phenoxy) is 2. The van der Waals surface area contributed by atoms with Gasteiger partial charge in [0.1, 0.15) is 5.82 Å². The van der Waals surface area contributed by atoms with Gasteiger partial charge in [0.2, 0.25) is 0 Å². The van der Waals surface area contributed by atoms with E-state index in [0.717, 1.165) is 58.0 Å². The highest BCUT2D eigenvalue weighted by molar-refractivity contribution is 6.31. The number of nitrogens with zero attached hydrogens (tertiary/aromatic N) is 1. The van der Waals surface area contributed by atoms with E-state index in [-0.39, 0.29) is 5.82 Å². The molecule has 0 radical (unpaired) electrons. The maximum Gasteiger partial charge on any atom is 0.124 e. The molecule has 2 heterocycles. The van der Waals surface area contributed by atoms with Gasteiger partial charge in [0.25, 0.3) is 0 Å². The molecule has 0 aromatic heterocycles. The first kappa shape index (κ1) is 17.1. The minimum Gasteiger partial charge on any atom is -0.381 e. The zero-order valence-corrected chi connectivity index (χ0v) is 14.0. The fourth-order valence-electron chi connectivity index (χ4n) is 3.38. The lowest BCUT2D eigenvalue weighted by atomic mass is 9.96. The summed E-state index contributed by atoms with van der Waals surface area (Å²) in [5.74, 6) is 0.261. The van der Waals surface area contributed by atoms with Crippen molar-refractivity contribution in [2.75, 3.05) is 46.1 Å². The fraction of sp³-hybridized carbons (Fsp3) is 0.647. The van der Waals surface area contributed by atoms with Crippen molar-refractivity contribution in [3.63, 3.8) is 0 Å². The molecule has 2 saturated heterocycles. The Morgan fingerprint density at radius 1 is 1.26 bits per heavy atom. The summed E-state index contributed by atoms with van der Waals surface area (Å²) in [7, 11) is 0. The van der Waals surface area contributed by atoms with Crippen LogP contribution in [0.15, 0.2) is 18.2 Å². The van der Waals surface area contributed by atoms with E-state index >= 15 is 0 Å². The van der Waals surface area contributed by atoms with Crippen LogP contribution in [0.5, 0.6) is 0 Å². The highest BCUT2D eigenvalue weighted by Gasteiger charge is 2.31. The number of hydrogen-bond acceptors (Lipinski definition) is 4. The summed E-state index contributed by atoms with van der Waals surface area (Å²) in [6.45, 7) is 6.76. The Bertz CT molecular complexity index is 505. The largest absolute Gasteiger partial charge is 0.381 e. The number of nitrogens with one attached hydrogen (secondary N) is 1. The number of hydrogen-bond donors (Lipinski definition) is 1. The molecule has 2 aliphatic rings. The Morgan fingerprint density at radius 2 is 2.09 bits per heavy atom. The number of rotatable bonds is 6. The summed E-state index contributed by atoms with van der Waals surface area (Å²) in [4.78, 5) is 2.50. The Balaban J connectivity index is 1.57. The first-order chi connectivity index (χ1) is 11.2. The number of halogens is 2. The molecule has 0 bridgehead atoms. The summed E-state index contributed by atoms with van der Waals surface area (Å²) in [6, 6.07) is 5.00. The first-order valence-corrected chi connectivity index (χ1v) is 8.66. The maximum absolute atomic E-state index is 13.1. The van der Waals surface area contributed by atoms with Gasteiger partial charge in [-0.3, -0.25) is 4.90 Å². The van der Waals surface area contributed by atoms with E-state index in [2.05, 4.69) is 10.2 Å². The second kappa shape index (κ2) is 8.40. The smallest absolute Gasteiger partial charge is 0.124 e. The normalized spacial score (nSPS) is 24.0. The molecule has 2 aliphatic heterocycles. The van der Waals surface area contributed by atoms with Crippen LogP contribution in [0.2, 0.25) is 5.02 Å². The average molecular weight is 343 g/mol. The van der Waals surface area contributed by atoms with Crippen molar-refractivity contribution in [1.82, 2.24) is 10.2 Å². The molecule has 3 rings (SSSR count). The number of benzene rings is 1. The van der Waals surface area contributed by atoms with Crippen LogP contribution in [0, 0.1) is 11.7 Å². The van der Waals surface area contributed by atoms with E-state index in [4.69, 9.17) is 21.1 Å². The van der Waals surface area contributed by atoms with Gasteiger partial charge in [-0.15, -0.1) is 0 Å². The molecule has 0 spiro atoms. The zero-order valence-electron chi connectivity index (χ0n) is 13.3. The van der Waals surface area contributed by atoms with Crippen LogP contribution in [-0.2, 0) is 16.0 Å². The Hall–Kier alpha value is -0.720. The lowest BCUT2D eigenvalue weighted by Crippen LogP contribution is -2.51. The molecule has 1 aromatic rings. The molecule has 2 atom stereocenters. The summed E-state index contributed by atoms with van der Waals surface area (Å²) >= 11 is 6.09. The van der Waals surface area contributed by atoms with E-state index in [1.165, 1.54) is 12.1 Å². The van der Waals surface area contributed by atoms with Gasteiger partial charge in [-0.1, -0.05) is 17.7 Å². The lowest BCUT2D eigenvalue weighted by molar-refractivity contribution is 0.00137. The fourth-order valence-corrected chi connectivity index (χ4v) is 3.61. The minimum atomic E-state index is -0.298. The molecule has 1 N–H and O–H groups in total. The molecular weight excluding hydrogens is 319 g/mol. The minimum absolute atomic E-state index is 0.298. The monoisotopic (exact) mass is 342 g/mol. The summed E-state index contributed by atoms with van der Waals surface area (Å²) in [5, 5.41) is 3.97. The second-order valence-corrected chi connectivity index (χ2v) is 6.61. The molecule has 0 amide bonds. The van der Waals surface area contributed by atoms with E-state index in [9.17, 15) is 4.39 Å². The van der Waals surface area contributed by atoms with Gasteiger partial charge in [-0.25, -0.2) is 4.39 Å². The third-order valence-corrected chi connectivity index (χ3v) is 5.06. The number of morpholine rings is 1. The zero-order chi connectivity index (χ0) is 16.1. The predicted molar refractivity (Wildman–Crippen MR) is 88.2 cm³/mol. The van der Waals surface area contributed by atoms with Crippen LogP contribution in [0.1, 0.15) is 12.0 Å². The van der Waals surface area contributed by atoms with Crippen LogP contribution in [-0.4, -0.2) is 57.0 Å². The Morgan fingerprint density at radius 3 is 2.78 bits per heavy atom. The average Bonchev–Trinajstić information content (AvgIpc) is 3.08. The van der Waals surface area contributed by atoms with Gasteiger partial charge in [0.05, 0.1) is 19.8 Å². The van der Waals surface area contributed by atoms with Crippen LogP contribution < -0.4 is 5.32 Å². The standard InChI is InChI=1S/C17H24ClFN2O2/c18-16-9-15(19)2-1-13(16)10-20-11-17(14-3-6-23-12-14)21-4-7-22-8-5-21/h1-2,9,14,17,20H,3-8,10-12H2/t14-,17-/m1/s1. The molecule has 128 valence electrons. The molecule has 6 heteroatoms. The molecule has 1 aromatic carbocycles. The molecule has 0 aliphatic carbocycles. The summed E-state index contributed by atoms with van der Waals surface area (Å²) in [5.41, 5.74) is 0.927. The van der Waals surface area contributed by atoms with E-state index in [1.807, 2.05) is 0 Å². The first-order valence-electron chi connectivity index (χ1n) is 8.28. The van der Waals surface area contributed by atoms with Crippen LogP contribution in [0.4, 0.5) is 4.39 Å². The molecule has 23 heavy (non-hydrogen) atoms. The Kier molecular flexibility index (Phi) is 6.25. The van der Waals surface area contributed by atoms with Crippen LogP contribution >= 0.6 is 11.6 Å². The van der Waals surface area contributed by atoms with Crippen molar-refractivity contribution in [1.29, 1.82) is 0 Å². The lowest BCUT2D eigenvalue weighted by Gasteiger charge is -2.37. The molecular formula is C17H24ClFN2O2. The van der Waals surface area contributed by atoms with Gasteiger partial charge in [0.15, 0.2) is 0 Å². The van der Waals surface area contributed by atoms with Gasteiger partial charge >= 0.3 is 0 Å². The van der Waals surface area contributed by atoms with Gasteiger partial charge < -0.3 is 14.8 Å². The quantitative estimate of drug-likeness (QED) is 0.860. The Labute approximate surface area is 141 Å². The molecule has 4 nitrogen and oxygen atoms in total. The predicted octanol–water partition coefficient (Wildman–Crippen LogP) is 2.31. The highest BCUT2D eigenvalue weighted by atomic mass is 35.5. The van der Waals surface area contributed by atoms with Gasteiger partial charge in [-0.05, 0) is 24.1 Å². The molecule has 0 unspecified atom stereocenters.